The third kappa shape index (κ3) is 2.66. The molecule has 100 valence electrons. The molecular formula is C15H23FN2. The van der Waals surface area contributed by atoms with Crippen molar-refractivity contribution in [3.63, 3.8) is 0 Å². The predicted octanol–water partition coefficient (Wildman–Crippen LogP) is 3.34. The van der Waals surface area contributed by atoms with E-state index in [1.165, 1.54) is 0 Å². The zero-order valence-corrected chi connectivity index (χ0v) is 11.5. The Morgan fingerprint density at radius 1 is 1.50 bits per heavy atom. The molecule has 1 aromatic rings. The van der Waals surface area contributed by atoms with Gasteiger partial charge in [0.25, 0.3) is 0 Å². The van der Waals surface area contributed by atoms with E-state index < -0.39 is 0 Å². The lowest BCUT2D eigenvalue weighted by molar-refractivity contribution is 0.578. The molecule has 1 fully saturated rings. The molecule has 18 heavy (non-hydrogen) atoms. The number of hydrogen-bond acceptors (Lipinski definition) is 2. The van der Waals surface area contributed by atoms with E-state index in [-0.39, 0.29) is 11.9 Å². The first-order chi connectivity index (χ1) is 8.63. The van der Waals surface area contributed by atoms with Gasteiger partial charge in [0, 0.05) is 19.1 Å². The molecule has 2 atom stereocenters. The van der Waals surface area contributed by atoms with Crippen molar-refractivity contribution < 1.29 is 4.39 Å². The maximum atomic E-state index is 14.2. The van der Waals surface area contributed by atoms with E-state index in [2.05, 4.69) is 31.0 Å². The van der Waals surface area contributed by atoms with Crippen molar-refractivity contribution in [2.75, 3.05) is 24.5 Å². The molecule has 1 aliphatic heterocycles. The minimum atomic E-state index is -0.0913. The summed E-state index contributed by atoms with van der Waals surface area (Å²) in [7, 11) is 0. The predicted molar refractivity (Wildman–Crippen MR) is 74.5 cm³/mol. The highest BCUT2D eigenvalue weighted by molar-refractivity contribution is 5.56. The zero-order valence-electron chi connectivity index (χ0n) is 11.5. The van der Waals surface area contributed by atoms with Gasteiger partial charge in [0.05, 0.1) is 5.69 Å². The molecule has 0 aliphatic carbocycles. The fraction of sp³-hybridized carbons (Fsp3) is 0.600. The lowest BCUT2D eigenvalue weighted by Gasteiger charge is -2.25. The van der Waals surface area contributed by atoms with Gasteiger partial charge in [-0.1, -0.05) is 26.0 Å². The molecule has 0 amide bonds. The van der Waals surface area contributed by atoms with Crippen molar-refractivity contribution in [2.24, 2.45) is 5.92 Å². The highest BCUT2D eigenvalue weighted by Crippen LogP contribution is 2.32. The summed E-state index contributed by atoms with van der Waals surface area (Å²) in [6.45, 7) is 9.23. The number of nitrogens with one attached hydrogen (secondary N) is 1. The largest absolute Gasteiger partial charge is 0.369 e. The topological polar surface area (TPSA) is 15.3 Å². The van der Waals surface area contributed by atoms with Gasteiger partial charge in [-0.15, -0.1) is 0 Å². The van der Waals surface area contributed by atoms with E-state index in [0.29, 0.717) is 5.92 Å². The number of benzene rings is 1. The van der Waals surface area contributed by atoms with Crippen LogP contribution >= 0.6 is 0 Å². The maximum absolute atomic E-state index is 14.2. The van der Waals surface area contributed by atoms with Crippen molar-refractivity contribution in [3.8, 4) is 0 Å². The van der Waals surface area contributed by atoms with E-state index in [1.807, 2.05) is 12.1 Å². The van der Waals surface area contributed by atoms with Gasteiger partial charge in [0.15, 0.2) is 0 Å². The van der Waals surface area contributed by atoms with E-state index in [9.17, 15) is 4.39 Å². The van der Waals surface area contributed by atoms with Gasteiger partial charge in [-0.25, -0.2) is 4.39 Å². The summed E-state index contributed by atoms with van der Waals surface area (Å²) in [5, 5.41) is 3.37. The third-order valence-corrected chi connectivity index (χ3v) is 3.73. The Hall–Kier alpha value is -1.09. The Kier molecular flexibility index (Phi) is 4.23. The van der Waals surface area contributed by atoms with Gasteiger partial charge in [0.2, 0.25) is 0 Å². The Morgan fingerprint density at radius 2 is 2.28 bits per heavy atom. The van der Waals surface area contributed by atoms with Crippen molar-refractivity contribution in [3.05, 3.63) is 29.6 Å². The Labute approximate surface area is 109 Å². The van der Waals surface area contributed by atoms with E-state index in [1.54, 1.807) is 6.07 Å². The van der Waals surface area contributed by atoms with Gasteiger partial charge in [-0.05, 0) is 37.4 Å². The summed E-state index contributed by atoms with van der Waals surface area (Å²) in [4.78, 5) is 2.20. The quantitative estimate of drug-likeness (QED) is 0.881. The van der Waals surface area contributed by atoms with Gasteiger partial charge < -0.3 is 10.2 Å². The molecular weight excluding hydrogens is 227 g/mol. The van der Waals surface area contributed by atoms with Gasteiger partial charge in [-0.3, -0.25) is 0 Å². The Bertz CT molecular complexity index is 405. The average molecular weight is 250 g/mol. The number of nitrogens with zero attached hydrogens (tertiary/aromatic N) is 1. The van der Waals surface area contributed by atoms with Crippen LogP contribution in [0.4, 0.5) is 10.1 Å². The summed E-state index contributed by atoms with van der Waals surface area (Å²) in [6.07, 6.45) is 1.16. The first kappa shape index (κ1) is 13.3. The number of anilines is 1. The molecule has 0 radical (unpaired) electrons. The second-order valence-electron chi connectivity index (χ2n) is 5.30. The molecule has 1 heterocycles. The number of para-hydroxylation sites is 1. The van der Waals surface area contributed by atoms with Crippen LogP contribution in [0.5, 0.6) is 0 Å². The molecule has 2 unspecified atom stereocenters. The van der Waals surface area contributed by atoms with Crippen molar-refractivity contribution in [2.45, 2.75) is 33.2 Å². The minimum absolute atomic E-state index is 0.0913. The van der Waals surface area contributed by atoms with Crippen LogP contribution in [0.1, 0.15) is 38.8 Å². The van der Waals surface area contributed by atoms with Gasteiger partial charge in [0.1, 0.15) is 5.82 Å². The summed E-state index contributed by atoms with van der Waals surface area (Å²) in [6, 6.07) is 5.60. The van der Waals surface area contributed by atoms with Crippen molar-refractivity contribution >= 4 is 5.69 Å². The molecule has 0 bridgehead atoms. The Balaban J connectivity index is 2.32. The highest BCUT2D eigenvalue weighted by atomic mass is 19.1. The monoisotopic (exact) mass is 250 g/mol. The van der Waals surface area contributed by atoms with Gasteiger partial charge >= 0.3 is 0 Å². The van der Waals surface area contributed by atoms with Crippen LogP contribution in [0.15, 0.2) is 18.2 Å². The first-order valence-electron chi connectivity index (χ1n) is 6.90. The number of halogens is 1. The lowest BCUT2D eigenvalue weighted by atomic mass is 10.0. The van der Waals surface area contributed by atoms with Crippen LogP contribution in [0.25, 0.3) is 0 Å². The fourth-order valence-electron chi connectivity index (χ4n) is 2.77. The van der Waals surface area contributed by atoms with Crippen LogP contribution in [-0.2, 0) is 0 Å². The third-order valence-electron chi connectivity index (χ3n) is 3.73. The van der Waals surface area contributed by atoms with Crippen LogP contribution in [0, 0.1) is 11.7 Å². The standard InChI is InChI=1S/C15H23FN2/c1-4-17-12(3)13-6-5-7-14(16)15(13)18-9-8-11(2)10-18/h5-7,11-12,17H,4,8-10H2,1-3H3. The normalized spacial score (nSPS) is 21.3. The molecule has 1 N–H and O–H groups in total. The molecule has 2 rings (SSSR count). The SMILES string of the molecule is CCNC(C)c1cccc(F)c1N1CCC(C)C1. The molecule has 2 nitrogen and oxygen atoms in total. The van der Waals surface area contributed by atoms with Crippen molar-refractivity contribution in [1.29, 1.82) is 0 Å². The second-order valence-corrected chi connectivity index (χ2v) is 5.30. The van der Waals surface area contributed by atoms with E-state index in [0.717, 1.165) is 37.3 Å². The minimum Gasteiger partial charge on any atom is -0.369 e. The van der Waals surface area contributed by atoms with Crippen LogP contribution in [0.2, 0.25) is 0 Å². The summed E-state index contributed by atoms with van der Waals surface area (Å²) in [5.41, 5.74) is 1.88. The number of hydrogen-bond donors (Lipinski definition) is 1. The number of rotatable bonds is 4. The fourth-order valence-corrected chi connectivity index (χ4v) is 2.77. The van der Waals surface area contributed by atoms with Crippen LogP contribution < -0.4 is 10.2 Å². The maximum Gasteiger partial charge on any atom is 0.146 e. The van der Waals surface area contributed by atoms with Crippen LogP contribution in [0.3, 0.4) is 0 Å². The Morgan fingerprint density at radius 3 is 2.89 bits per heavy atom. The molecule has 1 aliphatic rings. The average Bonchev–Trinajstić information content (AvgIpc) is 2.75. The smallest absolute Gasteiger partial charge is 0.146 e. The molecule has 0 saturated carbocycles. The van der Waals surface area contributed by atoms with E-state index in [4.69, 9.17) is 0 Å². The molecule has 1 saturated heterocycles. The van der Waals surface area contributed by atoms with E-state index >= 15 is 0 Å². The summed E-state index contributed by atoms with van der Waals surface area (Å²) >= 11 is 0. The van der Waals surface area contributed by atoms with Crippen molar-refractivity contribution in [1.82, 2.24) is 5.32 Å². The molecule has 0 spiro atoms. The summed E-state index contributed by atoms with van der Waals surface area (Å²) in [5.74, 6) is 0.568. The first-order valence-corrected chi connectivity index (χ1v) is 6.90. The highest BCUT2D eigenvalue weighted by Gasteiger charge is 2.25. The lowest BCUT2D eigenvalue weighted by Crippen LogP contribution is -2.25. The molecule has 1 aromatic carbocycles. The van der Waals surface area contributed by atoms with Crippen LogP contribution in [-0.4, -0.2) is 19.6 Å². The van der Waals surface area contributed by atoms with Gasteiger partial charge in [-0.2, -0.15) is 0 Å². The second kappa shape index (κ2) is 5.70. The molecule has 3 heteroatoms. The summed E-state index contributed by atoms with van der Waals surface area (Å²) < 4.78 is 14.2. The zero-order chi connectivity index (χ0) is 13.1. The molecule has 0 aromatic heterocycles.